The number of rotatable bonds is 7. The first-order valence-electron chi connectivity index (χ1n) is 9.74. The summed E-state index contributed by atoms with van der Waals surface area (Å²) in [5, 5.41) is 3.91. The predicted octanol–water partition coefficient (Wildman–Crippen LogP) is 4.00. The molecule has 0 bridgehead atoms. The van der Waals surface area contributed by atoms with E-state index < -0.39 is 10.0 Å². The minimum absolute atomic E-state index is 0.0903. The van der Waals surface area contributed by atoms with Crippen LogP contribution >= 0.6 is 0 Å². The van der Waals surface area contributed by atoms with Gasteiger partial charge in [-0.2, -0.15) is 0 Å². The van der Waals surface area contributed by atoms with E-state index in [0.717, 1.165) is 22.0 Å². The minimum atomic E-state index is -3.63. The predicted molar refractivity (Wildman–Crippen MR) is 120 cm³/mol. The number of fused-ring (bicyclic) bond motifs is 1. The highest BCUT2D eigenvalue weighted by Gasteiger charge is 2.14. The number of nitrogens with zero attached hydrogens (tertiary/aromatic N) is 2. The zero-order valence-electron chi connectivity index (χ0n) is 16.8. The van der Waals surface area contributed by atoms with Gasteiger partial charge in [-0.25, -0.2) is 27.5 Å². The maximum absolute atomic E-state index is 14.4. The first kappa shape index (κ1) is 20.9. The van der Waals surface area contributed by atoms with E-state index in [1.54, 1.807) is 37.4 Å². The normalized spacial score (nSPS) is 11.5. The quantitative estimate of drug-likeness (QED) is 0.458. The summed E-state index contributed by atoms with van der Waals surface area (Å²) in [7, 11) is -1.84. The third kappa shape index (κ3) is 4.55. The smallest absolute Gasteiger partial charge is 0.240 e. The van der Waals surface area contributed by atoms with Gasteiger partial charge in [-0.3, -0.25) is 0 Å². The Labute approximate surface area is 180 Å². The molecule has 0 aliphatic heterocycles. The Bertz CT molecular complexity index is 1330. The van der Waals surface area contributed by atoms with Gasteiger partial charge in [-0.1, -0.05) is 30.3 Å². The van der Waals surface area contributed by atoms with Gasteiger partial charge in [-0.05, 0) is 59.5 Å². The molecule has 0 spiro atoms. The van der Waals surface area contributed by atoms with Crippen molar-refractivity contribution < 1.29 is 12.8 Å². The van der Waals surface area contributed by atoms with Crippen molar-refractivity contribution in [3.63, 3.8) is 0 Å². The zero-order valence-corrected chi connectivity index (χ0v) is 17.7. The lowest BCUT2D eigenvalue weighted by Crippen LogP contribution is -2.26. The lowest BCUT2D eigenvalue weighted by Gasteiger charge is -2.10. The summed E-state index contributed by atoms with van der Waals surface area (Å²) in [6, 6.07) is 18.7. The van der Waals surface area contributed by atoms with E-state index in [-0.39, 0.29) is 23.7 Å². The van der Waals surface area contributed by atoms with Crippen LogP contribution < -0.4 is 10.0 Å². The second kappa shape index (κ2) is 8.79. The molecule has 0 amide bonds. The highest BCUT2D eigenvalue weighted by atomic mass is 32.2. The Morgan fingerprint density at radius 2 is 1.68 bits per heavy atom. The van der Waals surface area contributed by atoms with Gasteiger partial charge in [0, 0.05) is 19.0 Å². The second-order valence-corrected chi connectivity index (χ2v) is 8.74. The van der Waals surface area contributed by atoms with E-state index in [1.165, 1.54) is 24.5 Å². The number of hydrogen-bond donors (Lipinski definition) is 2. The first-order chi connectivity index (χ1) is 15.0. The molecule has 0 fully saturated rings. The summed E-state index contributed by atoms with van der Waals surface area (Å²) in [5.41, 5.74) is 2.97. The van der Waals surface area contributed by atoms with Gasteiger partial charge in [0.2, 0.25) is 10.0 Å². The molecule has 1 aromatic heterocycles. The van der Waals surface area contributed by atoms with E-state index in [1.807, 2.05) is 18.2 Å². The molecule has 0 aliphatic carbocycles. The topological polar surface area (TPSA) is 84.0 Å². The van der Waals surface area contributed by atoms with Crippen LogP contribution in [0.4, 0.5) is 10.2 Å². The number of aromatic nitrogens is 2. The molecule has 0 saturated heterocycles. The maximum Gasteiger partial charge on any atom is 0.240 e. The largest absolute Gasteiger partial charge is 0.373 e. The van der Waals surface area contributed by atoms with Gasteiger partial charge in [0.1, 0.15) is 18.0 Å². The van der Waals surface area contributed by atoms with Gasteiger partial charge in [0.05, 0.1) is 10.4 Å². The van der Waals surface area contributed by atoms with Crippen molar-refractivity contribution in [1.29, 1.82) is 0 Å². The molecule has 0 saturated carbocycles. The molecule has 6 nitrogen and oxygen atoms in total. The fourth-order valence-corrected chi connectivity index (χ4v) is 4.44. The minimum Gasteiger partial charge on any atom is -0.373 e. The Balaban J connectivity index is 1.56. The maximum atomic E-state index is 14.4. The molecule has 31 heavy (non-hydrogen) atoms. The summed E-state index contributed by atoms with van der Waals surface area (Å²) in [4.78, 5) is 8.68. The molecule has 8 heteroatoms. The molecule has 3 aromatic carbocycles. The molecule has 1 heterocycles. The third-order valence-electron chi connectivity index (χ3n) is 4.99. The molecule has 4 rings (SSSR count). The van der Waals surface area contributed by atoms with Crippen LogP contribution in [0.15, 0.2) is 78.0 Å². The summed E-state index contributed by atoms with van der Waals surface area (Å²) < 4.78 is 41.6. The van der Waals surface area contributed by atoms with E-state index in [0.29, 0.717) is 11.4 Å². The van der Waals surface area contributed by atoms with Gasteiger partial charge < -0.3 is 5.32 Å². The van der Waals surface area contributed by atoms with Crippen LogP contribution in [0.2, 0.25) is 0 Å². The lowest BCUT2D eigenvalue weighted by atomic mass is 10.00. The van der Waals surface area contributed by atoms with Gasteiger partial charge in [0.15, 0.2) is 0 Å². The number of hydrogen-bond acceptors (Lipinski definition) is 5. The average Bonchev–Trinajstić information content (AvgIpc) is 2.80. The van der Waals surface area contributed by atoms with E-state index >= 15 is 0 Å². The van der Waals surface area contributed by atoms with Crippen LogP contribution in [0.25, 0.3) is 22.0 Å². The number of anilines is 1. The Morgan fingerprint density at radius 1 is 0.935 bits per heavy atom. The van der Waals surface area contributed by atoms with Crippen molar-refractivity contribution in [2.24, 2.45) is 0 Å². The Kier molecular flexibility index (Phi) is 5.92. The summed E-state index contributed by atoms with van der Waals surface area (Å²) >= 11 is 0. The van der Waals surface area contributed by atoms with Crippen molar-refractivity contribution in [2.45, 2.75) is 11.3 Å². The average molecular weight is 437 g/mol. The van der Waals surface area contributed by atoms with Crippen molar-refractivity contribution in [3.8, 4) is 11.1 Å². The molecular weight excluding hydrogens is 415 g/mol. The monoisotopic (exact) mass is 436 g/mol. The standard InChI is InChI=1S/C23H21FN4O2S/c1-25-23-20-14-17(8-10-22(20)26-15-27-23)16-7-9-21(24)18(13-16)11-12-28-31(29,30)19-5-3-2-4-6-19/h2-10,13-15,28H,11-12H2,1H3,(H,25,26,27). The zero-order chi connectivity index (χ0) is 21.8. The fraction of sp³-hybridized carbons (Fsp3) is 0.130. The molecule has 0 radical (unpaired) electrons. The molecule has 2 N–H and O–H groups in total. The summed E-state index contributed by atoms with van der Waals surface area (Å²) in [6.45, 7) is 0.0903. The van der Waals surface area contributed by atoms with Crippen molar-refractivity contribution in [3.05, 3.63) is 84.4 Å². The van der Waals surface area contributed by atoms with Gasteiger partial charge in [-0.15, -0.1) is 0 Å². The molecule has 0 aliphatic rings. The first-order valence-corrected chi connectivity index (χ1v) is 11.2. The summed E-state index contributed by atoms with van der Waals surface area (Å²) in [6.07, 6.45) is 1.73. The second-order valence-electron chi connectivity index (χ2n) is 6.97. The summed E-state index contributed by atoms with van der Waals surface area (Å²) in [5.74, 6) is 0.340. The van der Waals surface area contributed by atoms with Gasteiger partial charge in [0.25, 0.3) is 0 Å². The molecule has 4 aromatic rings. The fourth-order valence-electron chi connectivity index (χ4n) is 3.38. The van der Waals surface area contributed by atoms with Gasteiger partial charge >= 0.3 is 0 Å². The lowest BCUT2D eigenvalue weighted by molar-refractivity contribution is 0.577. The molecule has 0 unspecified atom stereocenters. The van der Waals surface area contributed by atoms with Crippen molar-refractivity contribution >= 4 is 26.7 Å². The van der Waals surface area contributed by atoms with Crippen LogP contribution in [-0.4, -0.2) is 32.0 Å². The van der Waals surface area contributed by atoms with E-state index in [2.05, 4.69) is 20.0 Å². The van der Waals surface area contributed by atoms with E-state index in [9.17, 15) is 12.8 Å². The highest BCUT2D eigenvalue weighted by molar-refractivity contribution is 7.89. The number of nitrogens with one attached hydrogen (secondary N) is 2. The van der Waals surface area contributed by atoms with Crippen LogP contribution in [-0.2, 0) is 16.4 Å². The number of benzene rings is 3. The Morgan fingerprint density at radius 3 is 2.45 bits per heavy atom. The molecule has 0 atom stereocenters. The van der Waals surface area contributed by atoms with E-state index in [4.69, 9.17) is 0 Å². The van der Waals surface area contributed by atoms with Crippen molar-refractivity contribution in [2.75, 3.05) is 18.9 Å². The van der Waals surface area contributed by atoms with Crippen molar-refractivity contribution in [1.82, 2.24) is 14.7 Å². The highest BCUT2D eigenvalue weighted by Crippen LogP contribution is 2.28. The van der Waals surface area contributed by atoms with Crippen LogP contribution in [0, 0.1) is 5.82 Å². The van der Waals surface area contributed by atoms with Crippen LogP contribution in [0.3, 0.4) is 0 Å². The number of sulfonamides is 1. The molecular formula is C23H21FN4O2S. The van der Waals surface area contributed by atoms with Crippen LogP contribution in [0.5, 0.6) is 0 Å². The third-order valence-corrected chi connectivity index (χ3v) is 6.47. The van der Waals surface area contributed by atoms with Crippen LogP contribution in [0.1, 0.15) is 5.56 Å². The number of halogens is 1. The SMILES string of the molecule is CNc1ncnc2ccc(-c3ccc(F)c(CCNS(=O)(=O)c4ccccc4)c3)cc12. The molecule has 158 valence electrons. The Hall–Kier alpha value is -3.36.